The molecule has 2 N–H and O–H groups in total. The molecule has 0 radical (unpaired) electrons. The highest BCUT2D eigenvalue weighted by Crippen LogP contribution is 2.46. The minimum absolute atomic E-state index is 0.0880. The van der Waals surface area contributed by atoms with Gasteiger partial charge in [0.1, 0.15) is 5.82 Å². The van der Waals surface area contributed by atoms with E-state index in [2.05, 4.69) is 10.2 Å². The smallest absolute Gasteiger partial charge is 0.449 e. The Morgan fingerprint density at radius 1 is 1.18 bits per heavy atom. The van der Waals surface area contributed by atoms with Crippen molar-refractivity contribution in [3.8, 4) is 5.75 Å². The van der Waals surface area contributed by atoms with Crippen molar-refractivity contribution in [2.45, 2.75) is 19.0 Å². The highest BCUT2D eigenvalue weighted by molar-refractivity contribution is 6.00. The van der Waals surface area contributed by atoms with Crippen molar-refractivity contribution < 1.29 is 19.0 Å². The SMILES string of the molecule is CC1[C@@H](c2ccccc2)Nc2c(N3CCN(C)CC3)c(F)cc3c(=O)c(OC(=O)O)cn1c23. The lowest BCUT2D eigenvalue weighted by Gasteiger charge is -2.40. The van der Waals surface area contributed by atoms with E-state index < -0.39 is 17.4 Å². The number of benzene rings is 2. The van der Waals surface area contributed by atoms with E-state index in [1.165, 1.54) is 12.3 Å². The zero-order chi connectivity index (χ0) is 23.3. The Morgan fingerprint density at radius 2 is 1.88 bits per heavy atom. The number of anilines is 2. The summed E-state index contributed by atoms with van der Waals surface area (Å²) in [5.74, 6) is -0.861. The number of ether oxygens (including phenoxy) is 1. The number of aromatic nitrogens is 1. The van der Waals surface area contributed by atoms with Crippen LogP contribution in [0.3, 0.4) is 0 Å². The van der Waals surface area contributed by atoms with Gasteiger partial charge in [-0.3, -0.25) is 4.79 Å². The molecule has 2 aromatic carbocycles. The molecule has 3 heterocycles. The van der Waals surface area contributed by atoms with Crippen LogP contribution in [0.2, 0.25) is 0 Å². The quantitative estimate of drug-likeness (QED) is 0.587. The largest absolute Gasteiger partial charge is 0.511 e. The van der Waals surface area contributed by atoms with Crippen LogP contribution in [0.1, 0.15) is 24.6 Å². The number of carboxylic acid groups (broad SMARTS) is 1. The van der Waals surface area contributed by atoms with E-state index in [1.54, 1.807) is 0 Å². The number of pyridine rings is 1. The van der Waals surface area contributed by atoms with Gasteiger partial charge in [-0.05, 0) is 25.6 Å². The topological polar surface area (TPSA) is 87.0 Å². The molecule has 1 unspecified atom stereocenters. The van der Waals surface area contributed by atoms with Crippen molar-refractivity contribution >= 4 is 28.4 Å². The Labute approximate surface area is 189 Å². The summed E-state index contributed by atoms with van der Waals surface area (Å²) in [7, 11) is 2.03. The van der Waals surface area contributed by atoms with Gasteiger partial charge >= 0.3 is 6.16 Å². The summed E-state index contributed by atoms with van der Waals surface area (Å²) in [6.07, 6.45) is -0.162. The number of likely N-dealkylation sites (N-methyl/N-ethyl adjacent to an activating group) is 1. The number of halogens is 1. The van der Waals surface area contributed by atoms with Crippen LogP contribution >= 0.6 is 0 Å². The minimum Gasteiger partial charge on any atom is -0.449 e. The lowest BCUT2D eigenvalue weighted by atomic mass is 9.95. The van der Waals surface area contributed by atoms with Crippen LogP contribution in [-0.2, 0) is 0 Å². The fourth-order valence-corrected chi connectivity index (χ4v) is 4.88. The van der Waals surface area contributed by atoms with Gasteiger partial charge in [-0.2, -0.15) is 0 Å². The maximum absolute atomic E-state index is 15.6. The fraction of sp³-hybridized carbons (Fsp3) is 0.333. The van der Waals surface area contributed by atoms with Crippen LogP contribution in [0.25, 0.3) is 10.9 Å². The zero-order valence-electron chi connectivity index (χ0n) is 18.4. The third-order valence-electron chi connectivity index (χ3n) is 6.61. The first-order chi connectivity index (χ1) is 15.8. The van der Waals surface area contributed by atoms with Crippen molar-refractivity contribution in [3.63, 3.8) is 0 Å². The fourth-order valence-electron chi connectivity index (χ4n) is 4.88. The first-order valence-electron chi connectivity index (χ1n) is 10.9. The Balaban J connectivity index is 1.77. The highest BCUT2D eigenvalue weighted by atomic mass is 19.1. The second-order valence-electron chi connectivity index (χ2n) is 8.64. The number of carbonyl (C=O) groups is 1. The number of hydrogen-bond acceptors (Lipinski definition) is 6. The predicted octanol–water partition coefficient (Wildman–Crippen LogP) is 3.68. The molecular weight excluding hydrogens is 427 g/mol. The lowest BCUT2D eigenvalue weighted by molar-refractivity contribution is 0.143. The van der Waals surface area contributed by atoms with Gasteiger partial charge in [0.25, 0.3) is 0 Å². The van der Waals surface area contributed by atoms with Crippen LogP contribution in [-0.4, -0.2) is 54.0 Å². The highest BCUT2D eigenvalue weighted by Gasteiger charge is 2.34. The van der Waals surface area contributed by atoms with Crippen molar-refractivity contribution in [1.29, 1.82) is 0 Å². The molecule has 1 fully saturated rings. The summed E-state index contributed by atoms with van der Waals surface area (Å²) in [6, 6.07) is 10.6. The summed E-state index contributed by atoms with van der Waals surface area (Å²) in [4.78, 5) is 28.4. The molecule has 2 aliphatic rings. The van der Waals surface area contributed by atoms with Gasteiger partial charge in [0.05, 0.1) is 40.6 Å². The van der Waals surface area contributed by atoms with Crippen molar-refractivity contribution in [2.24, 2.45) is 0 Å². The summed E-state index contributed by atoms with van der Waals surface area (Å²) in [6.45, 7) is 4.88. The molecule has 0 spiro atoms. The van der Waals surface area contributed by atoms with Crippen LogP contribution < -0.4 is 20.4 Å². The molecule has 2 aliphatic heterocycles. The summed E-state index contributed by atoms with van der Waals surface area (Å²) >= 11 is 0. The predicted molar refractivity (Wildman–Crippen MR) is 124 cm³/mol. The van der Waals surface area contributed by atoms with E-state index >= 15 is 4.39 Å². The molecule has 0 saturated carbocycles. The van der Waals surface area contributed by atoms with Crippen molar-refractivity contribution in [3.05, 3.63) is 64.2 Å². The molecule has 3 aromatic rings. The van der Waals surface area contributed by atoms with E-state index in [4.69, 9.17) is 9.84 Å². The van der Waals surface area contributed by atoms with Gasteiger partial charge in [-0.1, -0.05) is 30.3 Å². The molecule has 1 aromatic heterocycles. The molecular formula is C24H25FN4O4. The first-order valence-corrected chi connectivity index (χ1v) is 10.9. The number of piperazine rings is 1. The molecule has 0 aliphatic carbocycles. The second kappa shape index (κ2) is 8.08. The summed E-state index contributed by atoms with van der Waals surface area (Å²) in [5.41, 5.74) is 1.87. The maximum Gasteiger partial charge on any atom is 0.511 e. The molecule has 9 heteroatoms. The monoisotopic (exact) mass is 452 g/mol. The summed E-state index contributed by atoms with van der Waals surface area (Å²) < 4.78 is 22.2. The molecule has 0 bridgehead atoms. The van der Waals surface area contributed by atoms with Gasteiger partial charge in [0, 0.05) is 26.2 Å². The molecule has 8 nitrogen and oxygen atoms in total. The third-order valence-corrected chi connectivity index (χ3v) is 6.61. The molecule has 2 atom stereocenters. The normalized spacial score (nSPS) is 20.5. The molecule has 5 rings (SSSR count). The molecule has 33 heavy (non-hydrogen) atoms. The van der Waals surface area contributed by atoms with E-state index in [0.29, 0.717) is 30.0 Å². The van der Waals surface area contributed by atoms with E-state index in [1.807, 2.05) is 53.8 Å². The second-order valence-corrected chi connectivity index (χ2v) is 8.64. The number of nitrogens with one attached hydrogen (secondary N) is 1. The van der Waals surface area contributed by atoms with Gasteiger partial charge in [0.15, 0.2) is 5.75 Å². The van der Waals surface area contributed by atoms with Crippen LogP contribution in [0.15, 0.2) is 47.4 Å². The van der Waals surface area contributed by atoms with Gasteiger partial charge in [-0.15, -0.1) is 0 Å². The van der Waals surface area contributed by atoms with E-state index in [-0.39, 0.29) is 23.2 Å². The average molecular weight is 452 g/mol. The van der Waals surface area contributed by atoms with Crippen LogP contribution in [0, 0.1) is 5.82 Å². The Morgan fingerprint density at radius 3 is 2.55 bits per heavy atom. The first kappa shape index (κ1) is 21.3. The summed E-state index contributed by atoms with van der Waals surface area (Å²) in [5, 5.41) is 12.7. The number of hydrogen-bond donors (Lipinski definition) is 2. The van der Waals surface area contributed by atoms with Crippen molar-refractivity contribution in [1.82, 2.24) is 9.47 Å². The lowest BCUT2D eigenvalue weighted by Crippen LogP contribution is -2.45. The molecule has 172 valence electrons. The Bertz CT molecular complexity index is 1290. The average Bonchev–Trinajstić information content (AvgIpc) is 2.79. The van der Waals surface area contributed by atoms with E-state index in [9.17, 15) is 9.59 Å². The molecule has 0 amide bonds. The zero-order valence-corrected chi connectivity index (χ0v) is 18.4. The minimum atomic E-state index is -1.59. The van der Waals surface area contributed by atoms with E-state index in [0.717, 1.165) is 18.7 Å². The molecule has 1 saturated heterocycles. The Hall–Kier alpha value is -3.59. The van der Waals surface area contributed by atoms with Gasteiger partial charge < -0.3 is 29.5 Å². The van der Waals surface area contributed by atoms with Gasteiger partial charge in [-0.25, -0.2) is 9.18 Å². The standard InChI is InChI=1S/C24H25FN4O4/c1-14-19(15-6-4-3-5-7-15)26-20-21-16(23(30)18(13-29(14)21)33-24(31)32)12-17(25)22(20)28-10-8-27(2)9-11-28/h3-7,12-14,19,26H,8-11H2,1-2H3,(H,31,32)/t14?,19-/m0/s1. The Kier molecular flexibility index (Phi) is 5.20. The van der Waals surface area contributed by atoms with Crippen LogP contribution in [0.4, 0.5) is 20.6 Å². The number of nitrogens with zero attached hydrogens (tertiary/aromatic N) is 3. The maximum atomic E-state index is 15.6. The van der Waals surface area contributed by atoms with Gasteiger partial charge in [0.2, 0.25) is 5.43 Å². The van der Waals surface area contributed by atoms with Crippen molar-refractivity contribution in [2.75, 3.05) is 43.4 Å². The van der Waals surface area contributed by atoms with Crippen LogP contribution in [0.5, 0.6) is 5.75 Å². The third kappa shape index (κ3) is 3.58. The number of rotatable bonds is 3.